The fourth-order valence-corrected chi connectivity index (χ4v) is 3.14. The largest absolute Gasteiger partial charge is 0.328 e. The molecule has 96 valence electrons. The van der Waals surface area contributed by atoms with E-state index in [4.69, 9.17) is 10.7 Å². The number of fused-ring (bicyclic) bond motifs is 1. The molecular weight excluding hydrogens is 252 g/mol. The van der Waals surface area contributed by atoms with Crippen LogP contribution in [0.15, 0.2) is 47.8 Å². The van der Waals surface area contributed by atoms with Crippen LogP contribution in [0.1, 0.15) is 12.6 Å². The summed E-state index contributed by atoms with van der Waals surface area (Å²) in [6.45, 7) is 2.01. The van der Waals surface area contributed by atoms with Crippen LogP contribution < -0.4 is 5.73 Å². The van der Waals surface area contributed by atoms with E-state index in [1.807, 2.05) is 6.92 Å². The van der Waals surface area contributed by atoms with E-state index in [2.05, 4.69) is 47.8 Å². The molecule has 3 aromatic rings. The van der Waals surface area contributed by atoms with E-state index in [0.29, 0.717) is 0 Å². The Balaban J connectivity index is 2.06. The molecule has 19 heavy (non-hydrogen) atoms. The first-order valence-electron chi connectivity index (χ1n) is 6.42. The Hall–Kier alpha value is -1.71. The Bertz CT molecular complexity index is 695. The average Bonchev–Trinajstić information content (AvgIpc) is 2.85. The third-order valence-electron chi connectivity index (χ3n) is 3.10. The molecular formula is C16H16N2S. The van der Waals surface area contributed by atoms with Gasteiger partial charge in [-0.05, 0) is 17.7 Å². The van der Waals surface area contributed by atoms with E-state index < -0.39 is 0 Å². The lowest BCUT2D eigenvalue weighted by Gasteiger charge is -2.03. The van der Waals surface area contributed by atoms with Crippen LogP contribution >= 0.6 is 11.3 Å². The minimum absolute atomic E-state index is 0.155. The summed E-state index contributed by atoms with van der Waals surface area (Å²) in [5, 5.41) is 5.70. The van der Waals surface area contributed by atoms with Gasteiger partial charge >= 0.3 is 0 Å². The fourth-order valence-electron chi connectivity index (χ4n) is 2.27. The van der Waals surface area contributed by atoms with E-state index in [-0.39, 0.29) is 6.04 Å². The molecule has 0 saturated heterocycles. The highest BCUT2D eigenvalue weighted by Gasteiger charge is 2.09. The van der Waals surface area contributed by atoms with Crippen LogP contribution in [-0.4, -0.2) is 11.0 Å². The zero-order valence-corrected chi connectivity index (χ0v) is 11.7. The zero-order valence-electron chi connectivity index (χ0n) is 10.8. The summed E-state index contributed by atoms with van der Waals surface area (Å²) >= 11 is 1.69. The summed E-state index contributed by atoms with van der Waals surface area (Å²) in [5.41, 5.74) is 8.12. The van der Waals surface area contributed by atoms with E-state index in [0.717, 1.165) is 17.1 Å². The number of hydrogen-bond donors (Lipinski definition) is 1. The van der Waals surface area contributed by atoms with E-state index in [1.54, 1.807) is 11.3 Å². The normalized spacial score (nSPS) is 12.7. The second-order valence-corrected chi connectivity index (χ2v) is 5.71. The standard InChI is InChI=1S/C16H16N2S/c1-11(17)9-13-10-19-16(18-13)15-8-4-6-12-5-2-3-7-14(12)15/h2-8,10-11H,9,17H2,1H3. The van der Waals surface area contributed by atoms with Crippen molar-refractivity contribution in [1.29, 1.82) is 0 Å². The smallest absolute Gasteiger partial charge is 0.124 e. The van der Waals surface area contributed by atoms with Gasteiger partial charge in [0.15, 0.2) is 0 Å². The molecule has 0 aliphatic heterocycles. The molecule has 1 heterocycles. The molecule has 3 heteroatoms. The SMILES string of the molecule is CC(N)Cc1csc(-c2cccc3ccccc23)n1. The lowest BCUT2D eigenvalue weighted by molar-refractivity contribution is 0.726. The van der Waals surface area contributed by atoms with Crippen LogP contribution in [0.2, 0.25) is 0 Å². The first kappa shape index (κ1) is 12.3. The van der Waals surface area contributed by atoms with Crippen LogP contribution in [0.3, 0.4) is 0 Å². The van der Waals surface area contributed by atoms with Gasteiger partial charge in [0.25, 0.3) is 0 Å². The van der Waals surface area contributed by atoms with Gasteiger partial charge in [0.05, 0.1) is 5.69 Å². The highest BCUT2D eigenvalue weighted by molar-refractivity contribution is 7.13. The Morgan fingerprint density at radius 2 is 1.95 bits per heavy atom. The van der Waals surface area contributed by atoms with Crippen LogP contribution in [0.25, 0.3) is 21.3 Å². The summed E-state index contributed by atoms with van der Waals surface area (Å²) in [4.78, 5) is 4.71. The Labute approximate surface area is 116 Å². The predicted octanol–water partition coefficient (Wildman–Crippen LogP) is 3.85. The molecule has 0 fully saturated rings. The molecule has 0 bridgehead atoms. The third kappa shape index (κ3) is 2.53. The van der Waals surface area contributed by atoms with Gasteiger partial charge in [0, 0.05) is 23.4 Å². The van der Waals surface area contributed by atoms with Crippen molar-refractivity contribution in [3.8, 4) is 10.6 Å². The molecule has 0 aliphatic carbocycles. The molecule has 1 aromatic heterocycles. The number of rotatable bonds is 3. The summed E-state index contributed by atoms with van der Waals surface area (Å²) in [6.07, 6.45) is 0.835. The van der Waals surface area contributed by atoms with Crippen LogP contribution in [0, 0.1) is 0 Å². The van der Waals surface area contributed by atoms with Gasteiger partial charge in [-0.25, -0.2) is 4.98 Å². The Morgan fingerprint density at radius 1 is 1.16 bits per heavy atom. The second kappa shape index (κ2) is 5.11. The number of aromatic nitrogens is 1. The Morgan fingerprint density at radius 3 is 2.79 bits per heavy atom. The van der Waals surface area contributed by atoms with Gasteiger partial charge in [-0.3, -0.25) is 0 Å². The van der Waals surface area contributed by atoms with Gasteiger partial charge in [-0.2, -0.15) is 0 Å². The minimum atomic E-state index is 0.155. The highest BCUT2D eigenvalue weighted by Crippen LogP contribution is 2.30. The molecule has 0 saturated carbocycles. The van der Waals surface area contributed by atoms with Crippen molar-refractivity contribution in [2.24, 2.45) is 5.73 Å². The summed E-state index contributed by atoms with van der Waals surface area (Å²) in [7, 11) is 0. The second-order valence-electron chi connectivity index (χ2n) is 4.85. The van der Waals surface area contributed by atoms with Gasteiger partial charge in [-0.15, -0.1) is 11.3 Å². The maximum atomic E-state index is 5.83. The molecule has 2 N–H and O–H groups in total. The van der Waals surface area contributed by atoms with Crippen molar-refractivity contribution in [1.82, 2.24) is 4.98 Å². The minimum Gasteiger partial charge on any atom is -0.328 e. The van der Waals surface area contributed by atoms with Crippen molar-refractivity contribution >= 4 is 22.1 Å². The number of nitrogens with two attached hydrogens (primary N) is 1. The van der Waals surface area contributed by atoms with Crippen LogP contribution in [0.4, 0.5) is 0 Å². The first-order valence-corrected chi connectivity index (χ1v) is 7.30. The summed E-state index contributed by atoms with van der Waals surface area (Å²) in [5.74, 6) is 0. The number of nitrogens with zero attached hydrogens (tertiary/aromatic N) is 1. The summed E-state index contributed by atoms with van der Waals surface area (Å²) < 4.78 is 0. The lowest BCUT2D eigenvalue weighted by Crippen LogP contribution is -2.17. The highest BCUT2D eigenvalue weighted by atomic mass is 32.1. The third-order valence-corrected chi connectivity index (χ3v) is 4.03. The molecule has 0 aliphatic rings. The van der Waals surface area contributed by atoms with Crippen molar-refractivity contribution in [3.05, 3.63) is 53.5 Å². The maximum Gasteiger partial charge on any atom is 0.124 e. The molecule has 1 unspecified atom stereocenters. The van der Waals surface area contributed by atoms with Gasteiger partial charge < -0.3 is 5.73 Å². The van der Waals surface area contributed by atoms with Crippen molar-refractivity contribution in [3.63, 3.8) is 0 Å². The monoisotopic (exact) mass is 268 g/mol. The summed E-state index contributed by atoms with van der Waals surface area (Å²) in [6, 6.07) is 14.9. The van der Waals surface area contributed by atoms with Gasteiger partial charge in [0.1, 0.15) is 5.01 Å². The molecule has 0 radical (unpaired) electrons. The lowest BCUT2D eigenvalue weighted by atomic mass is 10.1. The van der Waals surface area contributed by atoms with Crippen LogP contribution in [0.5, 0.6) is 0 Å². The molecule has 1 atom stereocenters. The topological polar surface area (TPSA) is 38.9 Å². The maximum absolute atomic E-state index is 5.83. The quantitative estimate of drug-likeness (QED) is 0.783. The van der Waals surface area contributed by atoms with Crippen molar-refractivity contribution < 1.29 is 0 Å². The Kier molecular flexibility index (Phi) is 3.32. The van der Waals surface area contributed by atoms with Gasteiger partial charge in [0.2, 0.25) is 0 Å². The molecule has 0 amide bonds. The van der Waals surface area contributed by atoms with E-state index in [9.17, 15) is 0 Å². The van der Waals surface area contributed by atoms with E-state index >= 15 is 0 Å². The number of hydrogen-bond acceptors (Lipinski definition) is 3. The van der Waals surface area contributed by atoms with Crippen LogP contribution in [-0.2, 0) is 6.42 Å². The number of benzene rings is 2. The van der Waals surface area contributed by atoms with Gasteiger partial charge in [-0.1, -0.05) is 42.5 Å². The molecule has 2 nitrogen and oxygen atoms in total. The first-order chi connectivity index (χ1) is 9.24. The average molecular weight is 268 g/mol. The van der Waals surface area contributed by atoms with E-state index in [1.165, 1.54) is 16.3 Å². The fraction of sp³-hybridized carbons (Fsp3) is 0.188. The molecule has 2 aromatic carbocycles. The zero-order chi connectivity index (χ0) is 13.2. The molecule has 3 rings (SSSR count). The van der Waals surface area contributed by atoms with Crippen molar-refractivity contribution in [2.75, 3.05) is 0 Å². The number of thiazole rings is 1. The van der Waals surface area contributed by atoms with Crippen molar-refractivity contribution in [2.45, 2.75) is 19.4 Å². The molecule has 0 spiro atoms. The predicted molar refractivity (Wildman–Crippen MR) is 82.4 cm³/mol.